The van der Waals surface area contributed by atoms with E-state index < -0.39 is 34.0 Å². The van der Waals surface area contributed by atoms with E-state index in [1.807, 2.05) is 6.92 Å². The van der Waals surface area contributed by atoms with Crippen molar-refractivity contribution in [1.29, 1.82) is 0 Å². The normalized spacial score (nSPS) is 18.2. The van der Waals surface area contributed by atoms with E-state index in [1.165, 1.54) is 42.5 Å². The average Bonchev–Trinajstić information content (AvgIpc) is 3.32. The molecule has 0 spiro atoms. The van der Waals surface area contributed by atoms with Crippen molar-refractivity contribution in [2.24, 2.45) is 5.92 Å². The largest absolute Gasteiger partial charge is 0.488 e. The van der Waals surface area contributed by atoms with Gasteiger partial charge in [0.25, 0.3) is 0 Å². The van der Waals surface area contributed by atoms with E-state index in [-0.39, 0.29) is 54.3 Å². The van der Waals surface area contributed by atoms with Gasteiger partial charge in [-0.25, -0.2) is 17.6 Å². The number of aryl methyl sites for hydroxylation is 2. The summed E-state index contributed by atoms with van der Waals surface area (Å²) in [6.45, 7) is 6.56. The van der Waals surface area contributed by atoms with Crippen molar-refractivity contribution in [3.63, 3.8) is 0 Å². The standard InChI is InChI=1S/C29H36FN5O7S/c1-17-14-35(18(2)16-36)27(37)13-21-12-24(32-29(38)31-23-8-6-22(30)7-9-23)10-11-25(21)41-26(17)15-34(5)43(39,40)28-19(3)33-42-20(28)4/h6-12,17-18,26,36H,13-16H2,1-5H3,(H2,31,32,38)/t17-,18-,26+/m0/s1. The molecular formula is C29H36FN5O7S. The molecule has 232 valence electrons. The Labute approximate surface area is 249 Å². The first-order chi connectivity index (χ1) is 20.3. The number of amides is 3. The molecule has 1 aromatic heterocycles. The maximum atomic E-state index is 13.5. The number of ether oxygens (including phenoxy) is 1. The highest BCUT2D eigenvalue weighted by atomic mass is 32.2. The summed E-state index contributed by atoms with van der Waals surface area (Å²) < 4.78 is 52.8. The Hall–Kier alpha value is -4.01. The fourth-order valence-electron chi connectivity index (χ4n) is 4.90. The maximum absolute atomic E-state index is 13.5. The molecule has 0 saturated heterocycles. The van der Waals surface area contributed by atoms with Crippen molar-refractivity contribution >= 4 is 33.3 Å². The van der Waals surface area contributed by atoms with Crippen LogP contribution in [0.3, 0.4) is 0 Å². The molecule has 43 heavy (non-hydrogen) atoms. The molecule has 0 bridgehead atoms. The molecule has 1 aliphatic heterocycles. The Balaban J connectivity index is 1.62. The lowest BCUT2D eigenvalue weighted by atomic mass is 10.0. The summed E-state index contributed by atoms with van der Waals surface area (Å²) in [6.07, 6.45) is -0.777. The number of hydrogen-bond acceptors (Lipinski definition) is 8. The molecule has 4 rings (SSSR count). The molecule has 2 heterocycles. The van der Waals surface area contributed by atoms with Crippen molar-refractivity contribution in [3.05, 3.63) is 65.3 Å². The van der Waals surface area contributed by atoms with E-state index in [1.54, 1.807) is 36.9 Å². The molecule has 0 saturated carbocycles. The molecule has 0 aliphatic carbocycles. The number of nitrogens with zero attached hydrogens (tertiary/aromatic N) is 3. The summed E-state index contributed by atoms with van der Waals surface area (Å²) in [7, 11) is -2.54. The van der Waals surface area contributed by atoms with Gasteiger partial charge in [-0.3, -0.25) is 4.79 Å². The van der Waals surface area contributed by atoms with Crippen LogP contribution in [-0.2, 0) is 21.2 Å². The van der Waals surface area contributed by atoms with E-state index in [4.69, 9.17) is 9.26 Å². The second-order valence-electron chi connectivity index (χ2n) is 10.7. The van der Waals surface area contributed by atoms with Crippen LogP contribution in [0.5, 0.6) is 5.75 Å². The van der Waals surface area contributed by atoms with Crippen LogP contribution >= 0.6 is 0 Å². The number of likely N-dealkylation sites (N-methyl/N-ethyl adjacent to an activating group) is 1. The highest BCUT2D eigenvalue weighted by molar-refractivity contribution is 7.89. The molecule has 0 radical (unpaired) electrons. The fourth-order valence-corrected chi connectivity index (χ4v) is 6.37. The molecule has 3 N–H and O–H groups in total. The monoisotopic (exact) mass is 617 g/mol. The number of rotatable bonds is 8. The van der Waals surface area contributed by atoms with Gasteiger partial charge in [-0.15, -0.1) is 0 Å². The predicted octanol–water partition coefficient (Wildman–Crippen LogP) is 3.54. The van der Waals surface area contributed by atoms with Crippen LogP contribution < -0.4 is 15.4 Å². The zero-order valence-corrected chi connectivity index (χ0v) is 25.4. The summed E-state index contributed by atoms with van der Waals surface area (Å²) in [6, 6.07) is 9.05. The van der Waals surface area contributed by atoms with E-state index in [9.17, 15) is 27.5 Å². The number of aliphatic hydroxyl groups is 1. The van der Waals surface area contributed by atoms with Gasteiger partial charge in [-0.1, -0.05) is 12.1 Å². The van der Waals surface area contributed by atoms with Gasteiger partial charge in [0.2, 0.25) is 15.9 Å². The Kier molecular flexibility index (Phi) is 9.72. The van der Waals surface area contributed by atoms with E-state index in [0.29, 0.717) is 22.7 Å². The summed E-state index contributed by atoms with van der Waals surface area (Å²) >= 11 is 0. The zero-order valence-electron chi connectivity index (χ0n) is 24.6. The van der Waals surface area contributed by atoms with Crippen LogP contribution in [0.15, 0.2) is 51.9 Å². The fraction of sp³-hybridized carbons (Fsp3) is 0.414. The van der Waals surface area contributed by atoms with Gasteiger partial charge in [-0.2, -0.15) is 4.31 Å². The van der Waals surface area contributed by atoms with Gasteiger partial charge >= 0.3 is 6.03 Å². The van der Waals surface area contributed by atoms with Gasteiger partial charge in [0.15, 0.2) is 5.76 Å². The van der Waals surface area contributed by atoms with Crippen LogP contribution in [-0.4, -0.2) is 78.7 Å². The Morgan fingerprint density at radius 3 is 2.47 bits per heavy atom. The van der Waals surface area contributed by atoms with Gasteiger partial charge in [0, 0.05) is 36.4 Å². The highest BCUT2D eigenvalue weighted by Gasteiger charge is 2.35. The number of aromatic nitrogens is 1. The van der Waals surface area contributed by atoms with Crippen molar-refractivity contribution in [1.82, 2.24) is 14.4 Å². The molecule has 0 fully saturated rings. The van der Waals surface area contributed by atoms with Crippen LogP contribution in [0.4, 0.5) is 20.6 Å². The maximum Gasteiger partial charge on any atom is 0.323 e. The van der Waals surface area contributed by atoms with Crippen LogP contribution in [0, 0.1) is 25.6 Å². The lowest BCUT2D eigenvalue weighted by Gasteiger charge is -2.33. The zero-order chi connectivity index (χ0) is 31.5. The average molecular weight is 618 g/mol. The number of fused-ring (bicyclic) bond motifs is 1. The minimum Gasteiger partial charge on any atom is -0.488 e. The number of nitrogens with one attached hydrogen (secondary N) is 2. The third-order valence-electron chi connectivity index (χ3n) is 7.35. The van der Waals surface area contributed by atoms with Crippen molar-refractivity contribution < 1.29 is 36.8 Å². The van der Waals surface area contributed by atoms with E-state index in [0.717, 1.165) is 0 Å². The number of hydrogen-bond donors (Lipinski definition) is 3. The van der Waals surface area contributed by atoms with E-state index >= 15 is 0 Å². The predicted molar refractivity (Wildman–Crippen MR) is 157 cm³/mol. The molecule has 14 heteroatoms. The SMILES string of the molecule is Cc1noc(C)c1S(=O)(=O)N(C)C[C@H]1Oc2ccc(NC(=O)Nc3ccc(F)cc3)cc2CC(=O)N([C@@H](C)CO)C[C@@H]1C. The first-order valence-electron chi connectivity index (χ1n) is 13.7. The van der Waals surface area contributed by atoms with Crippen LogP contribution in [0.2, 0.25) is 0 Å². The van der Waals surface area contributed by atoms with Crippen LogP contribution in [0.25, 0.3) is 0 Å². The summed E-state index contributed by atoms with van der Waals surface area (Å²) in [4.78, 5) is 27.6. The Morgan fingerprint density at radius 1 is 1.19 bits per heavy atom. The summed E-state index contributed by atoms with van der Waals surface area (Å²) in [5, 5.41) is 19.0. The number of benzene rings is 2. The van der Waals surface area contributed by atoms with Crippen molar-refractivity contribution in [2.75, 3.05) is 37.4 Å². The van der Waals surface area contributed by atoms with Gasteiger partial charge in [0.05, 0.1) is 25.6 Å². The second-order valence-corrected chi connectivity index (χ2v) is 12.7. The second kappa shape index (κ2) is 13.1. The molecule has 3 amide bonds. The third-order valence-corrected chi connectivity index (χ3v) is 9.42. The van der Waals surface area contributed by atoms with Gasteiger partial charge in [-0.05, 0) is 63.2 Å². The minimum atomic E-state index is -3.98. The topological polar surface area (TPSA) is 154 Å². The smallest absolute Gasteiger partial charge is 0.323 e. The molecule has 0 unspecified atom stereocenters. The minimum absolute atomic E-state index is 0.00791. The number of urea groups is 1. The number of anilines is 2. The Morgan fingerprint density at radius 2 is 1.84 bits per heavy atom. The first-order valence-corrected chi connectivity index (χ1v) is 15.2. The molecule has 3 aromatic rings. The number of carbonyl (C=O) groups is 2. The number of aliphatic hydroxyl groups excluding tert-OH is 1. The molecule has 1 aliphatic rings. The van der Waals surface area contributed by atoms with Crippen LogP contribution in [0.1, 0.15) is 30.9 Å². The molecule has 12 nitrogen and oxygen atoms in total. The Bertz CT molecular complexity index is 1560. The molecule has 2 aromatic carbocycles. The lowest BCUT2D eigenvalue weighted by molar-refractivity contribution is -0.134. The third kappa shape index (κ3) is 7.32. The van der Waals surface area contributed by atoms with E-state index in [2.05, 4.69) is 15.8 Å². The summed E-state index contributed by atoms with van der Waals surface area (Å²) in [5.74, 6) is -0.501. The van der Waals surface area contributed by atoms with Crippen molar-refractivity contribution in [2.45, 2.75) is 51.2 Å². The van der Waals surface area contributed by atoms with Gasteiger partial charge < -0.3 is 29.9 Å². The number of carbonyl (C=O) groups excluding carboxylic acids is 2. The highest BCUT2D eigenvalue weighted by Crippen LogP contribution is 2.30. The quantitative estimate of drug-likeness (QED) is 0.347. The summed E-state index contributed by atoms with van der Waals surface area (Å²) in [5.41, 5.74) is 1.48. The molecule has 3 atom stereocenters. The lowest BCUT2D eigenvalue weighted by Crippen LogP contribution is -2.48. The number of sulfonamides is 1. The van der Waals surface area contributed by atoms with Crippen molar-refractivity contribution in [3.8, 4) is 5.75 Å². The first kappa shape index (κ1) is 31.9. The van der Waals surface area contributed by atoms with Gasteiger partial charge in [0.1, 0.15) is 28.3 Å². The molecular weight excluding hydrogens is 581 g/mol. The number of halogens is 1.